The van der Waals surface area contributed by atoms with E-state index in [0.29, 0.717) is 22.7 Å². The molecule has 128 valence electrons. The van der Waals surface area contributed by atoms with Gasteiger partial charge in [-0.2, -0.15) is 5.10 Å². The molecule has 0 bridgehead atoms. The highest BCUT2D eigenvalue weighted by Crippen LogP contribution is 2.14. The van der Waals surface area contributed by atoms with Gasteiger partial charge >= 0.3 is 0 Å². The summed E-state index contributed by atoms with van der Waals surface area (Å²) in [6.07, 6.45) is 4.45. The fourth-order valence-corrected chi connectivity index (χ4v) is 2.95. The van der Waals surface area contributed by atoms with Crippen LogP contribution in [0.3, 0.4) is 0 Å². The Labute approximate surface area is 149 Å². The highest BCUT2D eigenvalue weighted by Gasteiger charge is 2.08. The number of amides is 2. The van der Waals surface area contributed by atoms with Crippen LogP contribution in [-0.4, -0.2) is 28.1 Å². The van der Waals surface area contributed by atoms with Crippen molar-refractivity contribution in [2.75, 3.05) is 11.9 Å². The Balaban J connectivity index is 1.51. The number of hydrogen-bond donors (Lipinski definition) is 2. The Hall–Kier alpha value is -2.93. The Morgan fingerprint density at radius 2 is 1.96 bits per heavy atom. The van der Waals surface area contributed by atoms with Crippen molar-refractivity contribution in [1.29, 1.82) is 0 Å². The van der Waals surface area contributed by atoms with Gasteiger partial charge in [-0.3, -0.25) is 14.3 Å². The minimum absolute atomic E-state index is 0.139. The number of hydrogen-bond acceptors (Lipinski definition) is 4. The average Bonchev–Trinajstić information content (AvgIpc) is 3.27. The molecule has 0 aliphatic heterocycles. The Kier molecular flexibility index (Phi) is 5.25. The first-order chi connectivity index (χ1) is 12.1. The van der Waals surface area contributed by atoms with Gasteiger partial charge in [0.2, 0.25) is 0 Å². The number of nitrogens with one attached hydrogen (secondary N) is 2. The molecule has 2 heterocycles. The van der Waals surface area contributed by atoms with Gasteiger partial charge in [-0.1, -0.05) is 6.07 Å². The minimum atomic E-state index is -0.149. The molecule has 2 amide bonds. The minimum Gasteiger partial charge on any atom is -0.352 e. The summed E-state index contributed by atoms with van der Waals surface area (Å²) in [7, 11) is 1.86. The van der Waals surface area contributed by atoms with Crippen LogP contribution in [0.5, 0.6) is 0 Å². The summed E-state index contributed by atoms with van der Waals surface area (Å²) in [5, 5.41) is 11.6. The largest absolute Gasteiger partial charge is 0.352 e. The van der Waals surface area contributed by atoms with Gasteiger partial charge in [-0.05, 0) is 47.7 Å². The maximum atomic E-state index is 12.1. The van der Waals surface area contributed by atoms with Crippen LogP contribution in [-0.2, 0) is 13.5 Å². The molecule has 2 aromatic heterocycles. The van der Waals surface area contributed by atoms with Gasteiger partial charge in [-0.25, -0.2) is 0 Å². The molecule has 6 nitrogen and oxygen atoms in total. The van der Waals surface area contributed by atoms with Crippen molar-refractivity contribution in [2.45, 2.75) is 6.42 Å². The maximum Gasteiger partial charge on any atom is 0.265 e. The van der Waals surface area contributed by atoms with Gasteiger partial charge in [0.25, 0.3) is 11.8 Å². The van der Waals surface area contributed by atoms with Crippen molar-refractivity contribution < 1.29 is 9.59 Å². The van der Waals surface area contributed by atoms with Crippen molar-refractivity contribution in [3.05, 3.63) is 70.2 Å². The average molecular weight is 354 g/mol. The molecule has 0 aliphatic rings. The summed E-state index contributed by atoms with van der Waals surface area (Å²) < 4.78 is 1.74. The van der Waals surface area contributed by atoms with Crippen molar-refractivity contribution in [3.63, 3.8) is 0 Å². The van der Waals surface area contributed by atoms with Crippen LogP contribution in [0.2, 0.25) is 0 Å². The lowest BCUT2D eigenvalue weighted by molar-refractivity contribution is 0.0953. The molecular formula is C18H18N4O2S. The number of aryl methyl sites for hydroxylation is 1. The fraction of sp³-hybridized carbons (Fsp3) is 0.167. The van der Waals surface area contributed by atoms with Gasteiger partial charge in [-0.15, -0.1) is 11.3 Å². The van der Waals surface area contributed by atoms with E-state index in [1.165, 1.54) is 11.3 Å². The molecule has 0 aliphatic carbocycles. The molecule has 0 unspecified atom stereocenters. The maximum absolute atomic E-state index is 12.1. The van der Waals surface area contributed by atoms with Crippen LogP contribution >= 0.6 is 11.3 Å². The molecule has 0 spiro atoms. The lowest BCUT2D eigenvalue weighted by Crippen LogP contribution is -2.25. The molecule has 3 aromatic rings. The van der Waals surface area contributed by atoms with Crippen LogP contribution in [0.4, 0.5) is 5.69 Å². The van der Waals surface area contributed by atoms with Crippen LogP contribution in [0, 0.1) is 0 Å². The molecule has 0 saturated carbocycles. The van der Waals surface area contributed by atoms with E-state index in [1.807, 2.05) is 24.7 Å². The monoisotopic (exact) mass is 354 g/mol. The van der Waals surface area contributed by atoms with Gasteiger partial charge in [0.05, 0.1) is 11.1 Å². The van der Waals surface area contributed by atoms with Crippen LogP contribution < -0.4 is 10.6 Å². The van der Waals surface area contributed by atoms with Gasteiger partial charge < -0.3 is 10.6 Å². The van der Waals surface area contributed by atoms with Crippen LogP contribution in [0.15, 0.2) is 54.2 Å². The van der Waals surface area contributed by atoms with Crippen molar-refractivity contribution >= 4 is 28.8 Å². The number of nitrogens with zero attached hydrogens (tertiary/aromatic N) is 2. The molecule has 25 heavy (non-hydrogen) atoms. The van der Waals surface area contributed by atoms with E-state index in [1.54, 1.807) is 41.2 Å². The SMILES string of the molecule is Cn1cc(CCNC(=O)c2ccc(NC(=O)c3cccs3)cc2)cn1. The second-order valence-corrected chi connectivity index (χ2v) is 6.48. The lowest BCUT2D eigenvalue weighted by Gasteiger charge is -2.07. The predicted octanol–water partition coefficient (Wildman–Crippen LogP) is 2.71. The standard InChI is InChI=1S/C18H18N4O2S/c1-22-12-13(11-20-22)8-9-19-17(23)14-4-6-15(7-5-14)21-18(24)16-3-2-10-25-16/h2-7,10-12H,8-9H2,1H3,(H,19,23)(H,21,24). The molecule has 2 N–H and O–H groups in total. The number of thiophene rings is 1. The van der Waals surface area contributed by atoms with E-state index in [4.69, 9.17) is 0 Å². The first-order valence-electron chi connectivity index (χ1n) is 7.82. The first kappa shape index (κ1) is 16.9. The highest BCUT2D eigenvalue weighted by atomic mass is 32.1. The summed E-state index contributed by atoms with van der Waals surface area (Å²) in [5.41, 5.74) is 2.29. The molecule has 1 aromatic carbocycles. The third-order valence-electron chi connectivity index (χ3n) is 3.61. The zero-order valence-electron chi connectivity index (χ0n) is 13.7. The third-order valence-corrected chi connectivity index (χ3v) is 4.48. The quantitative estimate of drug-likeness (QED) is 0.715. The fourth-order valence-electron chi connectivity index (χ4n) is 2.33. The van der Waals surface area contributed by atoms with E-state index in [9.17, 15) is 9.59 Å². The van der Waals surface area contributed by atoms with Crippen molar-refractivity contribution in [3.8, 4) is 0 Å². The van der Waals surface area contributed by atoms with E-state index in [-0.39, 0.29) is 11.8 Å². The predicted molar refractivity (Wildman–Crippen MR) is 98.0 cm³/mol. The number of carbonyl (C=O) groups excluding carboxylic acids is 2. The summed E-state index contributed by atoms with van der Waals surface area (Å²) in [4.78, 5) is 24.8. The van der Waals surface area contributed by atoms with Crippen molar-refractivity contribution in [1.82, 2.24) is 15.1 Å². The van der Waals surface area contributed by atoms with E-state index >= 15 is 0 Å². The van der Waals surface area contributed by atoms with E-state index in [0.717, 1.165) is 12.0 Å². The third kappa shape index (κ3) is 4.54. The zero-order chi connectivity index (χ0) is 17.6. The molecule has 0 fully saturated rings. The molecule has 0 radical (unpaired) electrons. The number of rotatable bonds is 6. The van der Waals surface area contributed by atoms with Gasteiger partial charge in [0.1, 0.15) is 0 Å². The first-order valence-corrected chi connectivity index (χ1v) is 8.70. The van der Waals surface area contributed by atoms with Gasteiger partial charge in [0.15, 0.2) is 0 Å². The second kappa shape index (κ2) is 7.76. The van der Waals surface area contributed by atoms with Gasteiger partial charge in [0, 0.05) is 31.0 Å². The molecule has 0 atom stereocenters. The van der Waals surface area contributed by atoms with E-state index < -0.39 is 0 Å². The smallest absolute Gasteiger partial charge is 0.265 e. The normalized spacial score (nSPS) is 10.4. The summed E-state index contributed by atoms with van der Waals surface area (Å²) in [5.74, 6) is -0.288. The number of carbonyl (C=O) groups is 2. The number of anilines is 1. The zero-order valence-corrected chi connectivity index (χ0v) is 14.5. The summed E-state index contributed by atoms with van der Waals surface area (Å²) in [6, 6.07) is 10.4. The molecule has 7 heteroatoms. The van der Waals surface area contributed by atoms with Crippen molar-refractivity contribution in [2.24, 2.45) is 7.05 Å². The van der Waals surface area contributed by atoms with Crippen LogP contribution in [0.1, 0.15) is 25.6 Å². The number of aromatic nitrogens is 2. The molecular weight excluding hydrogens is 336 g/mol. The van der Waals surface area contributed by atoms with Crippen LogP contribution in [0.25, 0.3) is 0 Å². The number of benzene rings is 1. The summed E-state index contributed by atoms with van der Waals surface area (Å²) in [6.45, 7) is 0.543. The Morgan fingerprint density at radius 1 is 1.16 bits per heavy atom. The highest BCUT2D eigenvalue weighted by molar-refractivity contribution is 7.12. The second-order valence-electron chi connectivity index (χ2n) is 5.54. The van der Waals surface area contributed by atoms with E-state index in [2.05, 4.69) is 15.7 Å². The molecule has 0 saturated heterocycles. The summed E-state index contributed by atoms with van der Waals surface area (Å²) >= 11 is 1.38. The lowest BCUT2D eigenvalue weighted by atomic mass is 10.2. The Morgan fingerprint density at radius 3 is 2.60 bits per heavy atom. The topological polar surface area (TPSA) is 76.0 Å². The Bertz CT molecular complexity index is 854. The molecule has 3 rings (SSSR count).